The maximum absolute atomic E-state index is 11.1. The lowest BCUT2D eigenvalue weighted by Gasteiger charge is -2.12. The quantitative estimate of drug-likeness (QED) is 0.192. The Kier molecular flexibility index (Phi) is 16.7. The minimum atomic E-state index is -3.28. The monoisotopic (exact) mass is 403 g/mol. The number of esters is 1. The second-order valence-electron chi connectivity index (χ2n) is 7.41. The van der Waals surface area contributed by atoms with E-state index in [0.717, 1.165) is 38.5 Å². The Morgan fingerprint density at radius 3 is 1.93 bits per heavy atom. The van der Waals surface area contributed by atoms with Crippen LogP contribution in [0.3, 0.4) is 0 Å². The highest BCUT2D eigenvalue weighted by atomic mass is 32.2. The smallest absolute Gasteiger partial charge is 0.303 e. The third-order valence-electron chi connectivity index (χ3n) is 4.56. The van der Waals surface area contributed by atoms with E-state index in [1.54, 1.807) is 0 Å². The molecule has 160 valence electrons. The van der Waals surface area contributed by atoms with Crippen molar-refractivity contribution in [3.63, 3.8) is 0 Å². The molecule has 0 saturated carbocycles. The Hall–Kier alpha value is -0.880. The molecule has 1 atom stereocenters. The van der Waals surface area contributed by atoms with Crippen molar-refractivity contribution in [3.05, 3.63) is 12.2 Å². The molecule has 0 amide bonds. The van der Waals surface area contributed by atoms with Crippen LogP contribution in [-0.2, 0) is 19.6 Å². The average molecular weight is 404 g/mol. The van der Waals surface area contributed by atoms with Gasteiger partial charge in [0.2, 0.25) is 10.0 Å². The van der Waals surface area contributed by atoms with Gasteiger partial charge in [-0.1, -0.05) is 70.8 Å². The summed E-state index contributed by atoms with van der Waals surface area (Å²) in [6, 6.07) is 0. The van der Waals surface area contributed by atoms with Crippen molar-refractivity contribution in [2.24, 2.45) is 5.14 Å². The van der Waals surface area contributed by atoms with E-state index in [1.165, 1.54) is 51.9 Å². The van der Waals surface area contributed by atoms with E-state index in [2.05, 4.69) is 13.0 Å². The lowest BCUT2D eigenvalue weighted by atomic mass is 10.1. The van der Waals surface area contributed by atoms with E-state index < -0.39 is 10.0 Å². The molecule has 2 N–H and O–H groups in total. The van der Waals surface area contributed by atoms with Gasteiger partial charge >= 0.3 is 5.97 Å². The first-order valence-corrected chi connectivity index (χ1v) is 12.4. The highest BCUT2D eigenvalue weighted by molar-refractivity contribution is 7.89. The normalized spacial score (nSPS) is 13.1. The average Bonchev–Trinajstić information content (AvgIpc) is 2.58. The van der Waals surface area contributed by atoms with Gasteiger partial charge in [0.25, 0.3) is 0 Å². The molecule has 0 rings (SSSR count). The lowest BCUT2D eigenvalue weighted by Crippen LogP contribution is -2.16. The van der Waals surface area contributed by atoms with Crippen LogP contribution in [0.15, 0.2) is 12.2 Å². The highest BCUT2D eigenvalue weighted by Crippen LogP contribution is 2.12. The summed E-state index contributed by atoms with van der Waals surface area (Å²) >= 11 is 0. The summed E-state index contributed by atoms with van der Waals surface area (Å²) in [5.41, 5.74) is 0. The molecule has 0 spiro atoms. The molecule has 0 radical (unpaired) electrons. The molecular formula is C21H41NO4S. The van der Waals surface area contributed by atoms with Gasteiger partial charge in [0.05, 0.1) is 5.75 Å². The van der Waals surface area contributed by atoms with Crippen molar-refractivity contribution in [1.29, 1.82) is 0 Å². The molecule has 0 saturated heterocycles. The molecule has 0 aliphatic heterocycles. The number of allylic oxidation sites excluding steroid dienone is 1. The zero-order valence-corrected chi connectivity index (χ0v) is 18.3. The van der Waals surface area contributed by atoms with Gasteiger partial charge in [-0.25, -0.2) is 13.6 Å². The molecule has 0 bridgehead atoms. The van der Waals surface area contributed by atoms with Gasteiger partial charge in [-0.15, -0.1) is 0 Å². The molecule has 0 fully saturated rings. The van der Waals surface area contributed by atoms with E-state index >= 15 is 0 Å². The topological polar surface area (TPSA) is 86.5 Å². The zero-order valence-electron chi connectivity index (χ0n) is 17.5. The molecule has 0 aromatic heterocycles. The lowest BCUT2D eigenvalue weighted by molar-refractivity contribution is -0.144. The predicted molar refractivity (Wildman–Crippen MR) is 113 cm³/mol. The van der Waals surface area contributed by atoms with Crippen LogP contribution >= 0.6 is 0 Å². The molecule has 0 aliphatic carbocycles. The molecule has 0 aromatic rings. The Balaban J connectivity index is 3.48. The number of primary sulfonamides is 1. The first kappa shape index (κ1) is 26.1. The molecule has 0 aliphatic rings. The van der Waals surface area contributed by atoms with E-state index in [1.807, 2.05) is 6.08 Å². The van der Waals surface area contributed by atoms with Crippen LogP contribution in [0.2, 0.25) is 0 Å². The van der Waals surface area contributed by atoms with Gasteiger partial charge in [-0.3, -0.25) is 4.79 Å². The standard InChI is InChI=1S/C21H41NO4S/c1-3-4-17-21(26-20(2)23)18-15-13-11-9-7-5-6-8-10-12-14-16-19-27(22,24)25/h15,18,21H,3-14,16-17,19H2,1-2H3,(H2,22,24,25)/b18-15-/t21-/m1/s1. The van der Waals surface area contributed by atoms with Crippen LogP contribution < -0.4 is 5.14 Å². The number of rotatable bonds is 18. The van der Waals surface area contributed by atoms with Crippen LogP contribution in [-0.4, -0.2) is 26.2 Å². The summed E-state index contributed by atoms with van der Waals surface area (Å²) in [6.07, 6.45) is 19.7. The van der Waals surface area contributed by atoms with Gasteiger partial charge < -0.3 is 4.74 Å². The summed E-state index contributed by atoms with van der Waals surface area (Å²) in [4.78, 5) is 11.1. The third kappa shape index (κ3) is 21.3. The Morgan fingerprint density at radius 2 is 1.44 bits per heavy atom. The summed E-state index contributed by atoms with van der Waals surface area (Å²) in [6.45, 7) is 3.61. The summed E-state index contributed by atoms with van der Waals surface area (Å²) < 4.78 is 26.9. The highest BCUT2D eigenvalue weighted by Gasteiger charge is 2.06. The molecule has 0 heterocycles. The number of nitrogens with two attached hydrogens (primary N) is 1. The van der Waals surface area contributed by atoms with Crippen molar-refractivity contribution in [1.82, 2.24) is 0 Å². The SMILES string of the molecule is CCCC[C@H](/C=C\CCCCCCCCCCCCS(N)(=O)=O)OC(C)=O. The number of hydrogen-bond donors (Lipinski definition) is 1. The third-order valence-corrected chi connectivity index (χ3v) is 5.42. The van der Waals surface area contributed by atoms with Crippen LogP contribution in [0.4, 0.5) is 0 Å². The summed E-state index contributed by atoms with van der Waals surface area (Å²) in [7, 11) is -3.28. The van der Waals surface area contributed by atoms with Crippen molar-refractivity contribution >= 4 is 16.0 Å². The number of carbonyl (C=O) groups excluding carboxylic acids is 1. The second kappa shape index (κ2) is 17.2. The number of ether oxygens (including phenoxy) is 1. The van der Waals surface area contributed by atoms with Crippen LogP contribution in [0.5, 0.6) is 0 Å². The van der Waals surface area contributed by atoms with Gasteiger partial charge in [0, 0.05) is 6.92 Å². The van der Waals surface area contributed by atoms with Crippen LogP contribution in [0.1, 0.15) is 104 Å². The fourth-order valence-electron chi connectivity index (χ4n) is 3.04. The second-order valence-corrected chi connectivity index (χ2v) is 9.14. The van der Waals surface area contributed by atoms with E-state index in [9.17, 15) is 13.2 Å². The number of unbranched alkanes of at least 4 members (excludes halogenated alkanes) is 11. The van der Waals surface area contributed by atoms with Crippen LogP contribution in [0.25, 0.3) is 0 Å². The molecular weight excluding hydrogens is 362 g/mol. The minimum Gasteiger partial charge on any atom is -0.458 e. The van der Waals surface area contributed by atoms with E-state index in [-0.39, 0.29) is 17.8 Å². The molecule has 5 nitrogen and oxygen atoms in total. The van der Waals surface area contributed by atoms with E-state index in [0.29, 0.717) is 6.42 Å². The van der Waals surface area contributed by atoms with Gasteiger partial charge in [-0.2, -0.15) is 0 Å². The fraction of sp³-hybridized carbons (Fsp3) is 0.857. The maximum Gasteiger partial charge on any atom is 0.303 e. The van der Waals surface area contributed by atoms with Crippen molar-refractivity contribution in [2.75, 3.05) is 5.75 Å². The predicted octanol–water partition coefficient (Wildman–Crippen LogP) is 5.24. The summed E-state index contributed by atoms with van der Waals surface area (Å²) in [5, 5.41) is 4.98. The van der Waals surface area contributed by atoms with Crippen molar-refractivity contribution < 1.29 is 17.9 Å². The van der Waals surface area contributed by atoms with Crippen LogP contribution in [0, 0.1) is 0 Å². The number of carbonyl (C=O) groups is 1. The first-order chi connectivity index (χ1) is 12.8. The van der Waals surface area contributed by atoms with Crippen molar-refractivity contribution in [2.45, 2.75) is 110 Å². The summed E-state index contributed by atoms with van der Waals surface area (Å²) in [5.74, 6) is -0.0908. The number of hydrogen-bond acceptors (Lipinski definition) is 4. The Labute approximate surface area is 167 Å². The first-order valence-electron chi connectivity index (χ1n) is 10.7. The maximum atomic E-state index is 11.1. The number of sulfonamides is 1. The fourth-order valence-corrected chi connectivity index (χ4v) is 3.65. The molecule has 6 heteroatoms. The van der Waals surface area contributed by atoms with Gasteiger partial charge in [0.1, 0.15) is 6.10 Å². The van der Waals surface area contributed by atoms with E-state index in [4.69, 9.17) is 9.88 Å². The molecule has 27 heavy (non-hydrogen) atoms. The Morgan fingerprint density at radius 1 is 0.926 bits per heavy atom. The Bertz CT molecular complexity index is 488. The minimum absolute atomic E-state index is 0.0626. The molecule has 0 aromatic carbocycles. The van der Waals surface area contributed by atoms with Crippen molar-refractivity contribution in [3.8, 4) is 0 Å². The molecule has 0 unspecified atom stereocenters. The van der Waals surface area contributed by atoms with Gasteiger partial charge in [0.15, 0.2) is 0 Å². The largest absolute Gasteiger partial charge is 0.458 e. The van der Waals surface area contributed by atoms with Gasteiger partial charge in [-0.05, 0) is 38.2 Å². The zero-order chi connectivity index (χ0) is 20.4.